The van der Waals surface area contributed by atoms with E-state index in [1.165, 1.54) is 6.92 Å². The summed E-state index contributed by atoms with van der Waals surface area (Å²) in [6, 6.07) is 0.718. The summed E-state index contributed by atoms with van der Waals surface area (Å²) in [4.78, 5) is 15.5. The molecule has 8 heteroatoms. The molecule has 23 heavy (non-hydrogen) atoms. The van der Waals surface area contributed by atoms with Gasteiger partial charge in [0.05, 0.1) is 18.2 Å². The fourth-order valence-electron chi connectivity index (χ4n) is 1.75. The topological polar surface area (TPSA) is 58.9 Å². The molecule has 0 radical (unpaired) electrons. The molecule has 1 aliphatic rings. The molecule has 1 saturated carbocycles. The molecule has 1 fully saturated rings. The van der Waals surface area contributed by atoms with E-state index in [0.717, 1.165) is 12.3 Å². The third-order valence-corrected chi connectivity index (χ3v) is 3.12. The van der Waals surface area contributed by atoms with Crippen molar-refractivity contribution in [2.75, 3.05) is 6.61 Å². The number of aliphatic hydroxyl groups is 1. The molecule has 0 spiro atoms. The molecule has 0 heterocycles. The van der Waals surface area contributed by atoms with E-state index in [1.54, 1.807) is 0 Å². The molecule has 1 aromatic rings. The highest BCUT2D eigenvalue weighted by Crippen LogP contribution is 2.29. The summed E-state index contributed by atoms with van der Waals surface area (Å²) in [6.07, 6.45) is -0.123. The maximum absolute atomic E-state index is 13.7. The average molecular weight is 331 g/mol. The molecule has 0 unspecified atom stereocenters. The summed E-state index contributed by atoms with van der Waals surface area (Å²) in [6.45, 7) is 1.46. The molecule has 0 amide bonds. The number of rotatable bonds is 5. The zero-order valence-electron chi connectivity index (χ0n) is 12.0. The van der Waals surface area contributed by atoms with Gasteiger partial charge in [-0.25, -0.2) is 22.4 Å². The molecule has 4 nitrogen and oxygen atoms in total. The van der Waals surface area contributed by atoms with Crippen molar-refractivity contribution in [1.82, 2.24) is 0 Å². The van der Waals surface area contributed by atoms with Gasteiger partial charge in [-0.2, -0.15) is 0 Å². The smallest absolute Gasteiger partial charge is 0.343 e. The third-order valence-electron chi connectivity index (χ3n) is 3.12. The lowest BCUT2D eigenvalue weighted by Crippen LogP contribution is -2.12. The molecular weight excluding hydrogens is 318 g/mol. The number of hydrogen-bond acceptors (Lipinski definition) is 4. The van der Waals surface area contributed by atoms with Crippen molar-refractivity contribution >= 4 is 17.9 Å². The number of esters is 1. The molecular formula is C15H13F4NO3. The highest BCUT2D eigenvalue weighted by Gasteiger charge is 2.37. The van der Waals surface area contributed by atoms with Crippen LogP contribution in [-0.4, -0.2) is 36.1 Å². The maximum Gasteiger partial charge on any atom is 0.343 e. The lowest BCUT2D eigenvalue weighted by molar-refractivity contribution is -0.137. The summed E-state index contributed by atoms with van der Waals surface area (Å²) in [5.74, 6) is -6.91. The largest absolute Gasteiger partial charge is 0.506 e. The van der Waals surface area contributed by atoms with Gasteiger partial charge in [-0.1, -0.05) is 0 Å². The first-order valence-corrected chi connectivity index (χ1v) is 6.78. The fraction of sp³-hybridized carbons (Fsp3) is 0.333. The minimum atomic E-state index is -1.79. The Morgan fingerprint density at radius 2 is 2.04 bits per heavy atom. The molecule has 0 aromatic heterocycles. The minimum absolute atomic E-state index is 0.0428. The van der Waals surface area contributed by atoms with Crippen molar-refractivity contribution in [3.63, 3.8) is 0 Å². The third kappa shape index (κ3) is 3.69. The van der Waals surface area contributed by atoms with Crippen LogP contribution < -0.4 is 0 Å². The predicted molar refractivity (Wildman–Crippen MR) is 74.3 cm³/mol. The van der Waals surface area contributed by atoms with Crippen LogP contribution in [0.2, 0.25) is 0 Å². The van der Waals surface area contributed by atoms with Crippen LogP contribution in [0.5, 0.6) is 0 Å². The molecule has 1 aromatic carbocycles. The zero-order chi connectivity index (χ0) is 17.1. The van der Waals surface area contributed by atoms with E-state index in [4.69, 9.17) is 0 Å². The van der Waals surface area contributed by atoms with E-state index >= 15 is 0 Å². The average Bonchev–Trinajstić information content (AvgIpc) is 3.21. The zero-order valence-corrected chi connectivity index (χ0v) is 12.0. The molecule has 2 rings (SSSR count). The Morgan fingerprint density at radius 3 is 2.61 bits per heavy atom. The standard InChI is InChI=1S/C15H13F4NO3/c1-2-23-15(22)8(6-20-11-5-10(11)17)14(21)7-3-4-9(16)13(19)12(7)18/h3-4,6,10-11,21H,2,5H2,1H3/t10-,11+/m0/s1. The first-order chi connectivity index (χ1) is 10.9. The van der Waals surface area contributed by atoms with Gasteiger partial charge in [0.2, 0.25) is 0 Å². The molecule has 0 saturated heterocycles. The highest BCUT2D eigenvalue weighted by atomic mass is 19.2. The number of aliphatic hydroxyl groups excluding tert-OH is 1. The van der Waals surface area contributed by atoms with Crippen LogP contribution in [0.3, 0.4) is 0 Å². The van der Waals surface area contributed by atoms with Gasteiger partial charge in [-0.05, 0) is 19.1 Å². The Kier molecular flexibility index (Phi) is 5.02. The van der Waals surface area contributed by atoms with Crippen molar-refractivity contribution in [3.8, 4) is 0 Å². The van der Waals surface area contributed by atoms with Gasteiger partial charge in [0, 0.05) is 12.6 Å². The van der Waals surface area contributed by atoms with E-state index in [0.29, 0.717) is 6.07 Å². The van der Waals surface area contributed by atoms with E-state index in [2.05, 4.69) is 9.73 Å². The fourth-order valence-corrected chi connectivity index (χ4v) is 1.75. The Hall–Kier alpha value is -2.38. The lowest BCUT2D eigenvalue weighted by atomic mass is 10.1. The summed E-state index contributed by atoms with van der Waals surface area (Å²) in [5, 5.41) is 10.0. The van der Waals surface area contributed by atoms with Gasteiger partial charge >= 0.3 is 5.97 Å². The number of alkyl halides is 1. The minimum Gasteiger partial charge on any atom is -0.506 e. The highest BCUT2D eigenvalue weighted by molar-refractivity contribution is 6.15. The Bertz CT molecular complexity index is 688. The van der Waals surface area contributed by atoms with Crippen molar-refractivity contribution < 1.29 is 32.2 Å². The number of carbonyl (C=O) groups excluding carboxylic acids is 1. The quantitative estimate of drug-likeness (QED) is 0.225. The van der Waals surface area contributed by atoms with Crippen LogP contribution in [0.4, 0.5) is 17.6 Å². The lowest BCUT2D eigenvalue weighted by Gasteiger charge is -2.08. The van der Waals surface area contributed by atoms with Crippen molar-refractivity contribution in [2.45, 2.75) is 25.6 Å². The first kappa shape index (κ1) is 17.0. The number of halogens is 4. The van der Waals surface area contributed by atoms with Gasteiger partial charge in [-0.15, -0.1) is 0 Å². The van der Waals surface area contributed by atoms with Crippen LogP contribution in [0.25, 0.3) is 5.76 Å². The second-order valence-electron chi connectivity index (χ2n) is 4.80. The van der Waals surface area contributed by atoms with Gasteiger partial charge in [0.25, 0.3) is 0 Å². The molecule has 1 aliphatic carbocycles. The molecule has 124 valence electrons. The number of benzene rings is 1. The van der Waals surface area contributed by atoms with Gasteiger partial charge in [0.1, 0.15) is 17.5 Å². The summed E-state index contributed by atoms with van der Waals surface area (Å²) >= 11 is 0. The monoisotopic (exact) mass is 331 g/mol. The second kappa shape index (κ2) is 6.80. The maximum atomic E-state index is 13.7. The summed E-state index contributed by atoms with van der Waals surface area (Å²) < 4.78 is 57.4. The van der Waals surface area contributed by atoms with E-state index in [-0.39, 0.29) is 13.0 Å². The van der Waals surface area contributed by atoms with Gasteiger partial charge in [0.15, 0.2) is 17.5 Å². The van der Waals surface area contributed by atoms with Crippen LogP contribution in [0.15, 0.2) is 22.7 Å². The molecule has 1 N–H and O–H groups in total. The Morgan fingerprint density at radius 1 is 1.39 bits per heavy atom. The SMILES string of the molecule is CCOC(=O)C(C=N[C@@H]1C[C@@H]1F)=C(O)c1ccc(F)c(F)c1F. The number of ether oxygens (including phenoxy) is 1. The number of nitrogens with zero attached hydrogens (tertiary/aromatic N) is 1. The van der Waals surface area contributed by atoms with E-state index < -0.39 is 52.5 Å². The summed E-state index contributed by atoms with van der Waals surface area (Å²) in [5.41, 5.74) is -1.30. The van der Waals surface area contributed by atoms with Crippen LogP contribution in [0, 0.1) is 17.5 Å². The predicted octanol–water partition coefficient (Wildman–Crippen LogP) is 3.12. The molecule has 2 atom stereocenters. The molecule has 0 bridgehead atoms. The van der Waals surface area contributed by atoms with Gasteiger partial charge < -0.3 is 9.84 Å². The Balaban J connectivity index is 2.46. The van der Waals surface area contributed by atoms with Crippen molar-refractivity contribution in [3.05, 3.63) is 40.7 Å². The van der Waals surface area contributed by atoms with Gasteiger partial charge in [-0.3, -0.25) is 4.99 Å². The number of carbonyl (C=O) groups is 1. The normalized spacial score (nSPS) is 21.3. The first-order valence-electron chi connectivity index (χ1n) is 6.78. The van der Waals surface area contributed by atoms with E-state index in [9.17, 15) is 27.5 Å². The Labute approximate surface area is 129 Å². The van der Waals surface area contributed by atoms with Crippen LogP contribution in [0.1, 0.15) is 18.9 Å². The van der Waals surface area contributed by atoms with Crippen molar-refractivity contribution in [1.29, 1.82) is 0 Å². The molecule has 0 aliphatic heterocycles. The van der Waals surface area contributed by atoms with E-state index in [1.807, 2.05) is 0 Å². The second-order valence-corrected chi connectivity index (χ2v) is 4.80. The number of hydrogen-bond donors (Lipinski definition) is 1. The summed E-state index contributed by atoms with van der Waals surface area (Å²) in [7, 11) is 0. The van der Waals surface area contributed by atoms with Crippen molar-refractivity contribution in [2.24, 2.45) is 4.99 Å². The number of aliphatic imine (C=N–C) groups is 1. The van der Waals surface area contributed by atoms with Crippen LogP contribution >= 0.6 is 0 Å². The van der Waals surface area contributed by atoms with Crippen LogP contribution in [-0.2, 0) is 9.53 Å².